The Balaban J connectivity index is 3.01. The van der Waals surface area contributed by atoms with E-state index >= 15 is 0 Å². The van der Waals surface area contributed by atoms with Crippen LogP contribution in [0, 0.1) is 0 Å². The maximum Gasteiger partial charge on any atom is 0.330 e. The van der Waals surface area contributed by atoms with Crippen LogP contribution in [0.3, 0.4) is 0 Å². The number of fused-ring (bicyclic) bond motifs is 1. The average Bonchev–Trinajstić information content (AvgIpc) is 2.58. The van der Waals surface area contributed by atoms with Gasteiger partial charge in [0.2, 0.25) is 0 Å². The van der Waals surface area contributed by atoms with Gasteiger partial charge < -0.3 is 4.57 Å². The van der Waals surface area contributed by atoms with Crippen LogP contribution in [-0.4, -0.2) is 19.1 Å². The highest BCUT2D eigenvalue weighted by atomic mass is 16.2. The van der Waals surface area contributed by atoms with Crippen LogP contribution in [0.4, 0.5) is 0 Å². The maximum absolute atomic E-state index is 11.9. The molecule has 0 aliphatic rings. The van der Waals surface area contributed by atoms with Crippen LogP contribution in [-0.2, 0) is 12.1 Å². The molecule has 2 heterocycles. The van der Waals surface area contributed by atoms with Gasteiger partial charge in [-0.3, -0.25) is 14.3 Å². The first-order chi connectivity index (χ1) is 7.86. The van der Waals surface area contributed by atoms with Gasteiger partial charge in [-0.05, 0) is 27.7 Å². The van der Waals surface area contributed by atoms with E-state index in [1.807, 2.05) is 27.7 Å². The quantitative estimate of drug-likeness (QED) is 0.790. The van der Waals surface area contributed by atoms with Crippen molar-refractivity contribution in [1.82, 2.24) is 19.1 Å². The molecular weight excluding hydrogens is 220 g/mol. The molecule has 0 unspecified atom stereocenters. The second kappa shape index (κ2) is 3.58. The first-order valence-electron chi connectivity index (χ1n) is 5.57. The largest absolute Gasteiger partial charge is 0.330 e. The lowest BCUT2D eigenvalue weighted by molar-refractivity contribution is 0.389. The predicted octanol–water partition coefficient (Wildman–Crippen LogP) is 0.661. The first-order valence-corrected chi connectivity index (χ1v) is 5.57. The average molecular weight is 236 g/mol. The summed E-state index contributed by atoms with van der Waals surface area (Å²) >= 11 is 0. The summed E-state index contributed by atoms with van der Waals surface area (Å²) in [6.45, 7) is 8.26. The van der Waals surface area contributed by atoms with Crippen LogP contribution in [0.1, 0.15) is 27.7 Å². The van der Waals surface area contributed by atoms with Crippen molar-refractivity contribution in [2.45, 2.75) is 39.8 Å². The Morgan fingerprint density at radius 2 is 2.00 bits per heavy atom. The molecular formula is C11H16N4O2. The van der Waals surface area contributed by atoms with Crippen LogP contribution in [0.5, 0.6) is 0 Å². The summed E-state index contributed by atoms with van der Waals surface area (Å²) in [5.41, 5.74) is -0.344. The van der Waals surface area contributed by atoms with Crippen LogP contribution >= 0.6 is 0 Å². The smallest absolute Gasteiger partial charge is 0.325 e. The SMILES string of the molecule is CCn1cnc2c1c(=O)[nH]c(=O)n2C(C)(C)C. The van der Waals surface area contributed by atoms with Crippen molar-refractivity contribution in [1.29, 1.82) is 0 Å². The highest BCUT2D eigenvalue weighted by molar-refractivity contribution is 5.70. The minimum Gasteiger partial charge on any atom is -0.325 e. The summed E-state index contributed by atoms with van der Waals surface area (Å²) in [7, 11) is 0. The van der Waals surface area contributed by atoms with Gasteiger partial charge in [-0.2, -0.15) is 0 Å². The number of nitrogens with one attached hydrogen (secondary N) is 1. The van der Waals surface area contributed by atoms with Crippen molar-refractivity contribution in [2.24, 2.45) is 0 Å². The van der Waals surface area contributed by atoms with E-state index in [0.717, 1.165) is 0 Å². The van der Waals surface area contributed by atoms with E-state index in [4.69, 9.17) is 0 Å². The molecule has 0 saturated carbocycles. The van der Waals surface area contributed by atoms with E-state index < -0.39 is 11.2 Å². The molecule has 0 aliphatic heterocycles. The number of aromatic amines is 1. The lowest BCUT2D eigenvalue weighted by Crippen LogP contribution is -2.39. The zero-order valence-corrected chi connectivity index (χ0v) is 10.4. The van der Waals surface area contributed by atoms with Gasteiger partial charge in [0.1, 0.15) is 0 Å². The van der Waals surface area contributed by atoms with Crippen LogP contribution in [0.25, 0.3) is 11.2 Å². The molecule has 0 amide bonds. The van der Waals surface area contributed by atoms with Gasteiger partial charge in [0.05, 0.1) is 6.33 Å². The maximum atomic E-state index is 11.9. The lowest BCUT2D eigenvalue weighted by atomic mass is 10.1. The normalized spacial score (nSPS) is 12.2. The van der Waals surface area contributed by atoms with Crippen LogP contribution in [0.15, 0.2) is 15.9 Å². The molecule has 0 spiro atoms. The van der Waals surface area contributed by atoms with Crippen molar-refractivity contribution < 1.29 is 0 Å². The predicted molar refractivity (Wildman–Crippen MR) is 65.3 cm³/mol. The highest BCUT2D eigenvalue weighted by Gasteiger charge is 2.21. The fraction of sp³-hybridized carbons (Fsp3) is 0.545. The van der Waals surface area contributed by atoms with Crippen molar-refractivity contribution in [3.05, 3.63) is 27.2 Å². The third kappa shape index (κ3) is 1.69. The van der Waals surface area contributed by atoms with Gasteiger partial charge in [0.15, 0.2) is 11.2 Å². The molecule has 0 aliphatic carbocycles. The summed E-state index contributed by atoms with van der Waals surface area (Å²) in [6, 6.07) is 0. The molecule has 6 heteroatoms. The molecule has 0 atom stereocenters. The van der Waals surface area contributed by atoms with Gasteiger partial charge in [-0.1, -0.05) is 0 Å². The Morgan fingerprint density at radius 1 is 1.35 bits per heavy atom. The van der Waals surface area contributed by atoms with Gasteiger partial charge in [-0.15, -0.1) is 0 Å². The molecule has 92 valence electrons. The Bertz CT molecular complexity index is 669. The third-order valence-corrected chi connectivity index (χ3v) is 2.68. The van der Waals surface area contributed by atoms with Crippen molar-refractivity contribution in [3.63, 3.8) is 0 Å². The molecule has 0 aromatic carbocycles. The number of aromatic nitrogens is 4. The van der Waals surface area contributed by atoms with E-state index in [9.17, 15) is 9.59 Å². The fourth-order valence-corrected chi connectivity index (χ4v) is 1.94. The molecule has 2 aromatic heterocycles. The number of nitrogens with zero attached hydrogens (tertiary/aromatic N) is 3. The van der Waals surface area contributed by atoms with Crippen LogP contribution in [0.2, 0.25) is 0 Å². The second-order valence-electron chi connectivity index (χ2n) is 4.97. The summed E-state index contributed by atoms with van der Waals surface area (Å²) in [6.07, 6.45) is 1.58. The zero-order valence-electron chi connectivity index (χ0n) is 10.4. The summed E-state index contributed by atoms with van der Waals surface area (Å²) < 4.78 is 3.24. The Labute approximate surface area is 97.9 Å². The van der Waals surface area contributed by atoms with E-state index in [0.29, 0.717) is 17.7 Å². The van der Waals surface area contributed by atoms with Gasteiger partial charge in [0, 0.05) is 12.1 Å². The van der Waals surface area contributed by atoms with Crippen molar-refractivity contribution in [3.8, 4) is 0 Å². The van der Waals surface area contributed by atoms with E-state index in [1.54, 1.807) is 10.9 Å². The van der Waals surface area contributed by atoms with Gasteiger partial charge >= 0.3 is 5.69 Å². The fourth-order valence-electron chi connectivity index (χ4n) is 1.94. The Morgan fingerprint density at radius 3 is 2.53 bits per heavy atom. The Kier molecular flexibility index (Phi) is 2.45. The van der Waals surface area contributed by atoms with Gasteiger partial charge in [0.25, 0.3) is 5.56 Å². The number of hydrogen-bond acceptors (Lipinski definition) is 3. The number of imidazole rings is 1. The molecule has 0 bridgehead atoms. The molecule has 2 aromatic rings. The summed E-state index contributed by atoms with van der Waals surface area (Å²) in [5.74, 6) is 0. The third-order valence-electron chi connectivity index (χ3n) is 2.68. The minimum absolute atomic E-state index is 0.384. The topological polar surface area (TPSA) is 72.7 Å². The number of hydrogen-bond donors (Lipinski definition) is 1. The summed E-state index contributed by atoms with van der Waals surface area (Å²) in [4.78, 5) is 30.2. The number of rotatable bonds is 1. The molecule has 17 heavy (non-hydrogen) atoms. The van der Waals surface area contributed by atoms with Crippen LogP contribution < -0.4 is 11.2 Å². The van der Waals surface area contributed by atoms with Gasteiger partial charge in [-0.25, -0.2) is 9.78 Å². The second-order valence-corrected chi connectivity index (χ2v) is 4.97. The molecule has 2 rings (SSSR count). The molecule has 0 saturated heterocycles. The molecule has 0 fully saturated rings. The number of H-pyrrole nitrogens is 1. The number of aryl methyl sites for hydroxylation is 1. The van der Waals surface area contributed by atoms with Crippen molar-refractivity contribution >= 4 is 11.2 Å². The van der Waals surface area contributed by atoms with E-state index in [2.05, 4.69) is 9.97 Å². The molecule has 6 nitrogen and oxygen atoms in total. The lowest BCUT2D eigenvalue weighted by Gasteiger charge is -2.21. The minimum atomic E-state index is -0.424. The summed E-state index contributed by atoms with van der Waals surface area (Å²) in [5, 5.41) is 0. The highest BCUT2D eigenvalue weighted by Crippen LogP contribution is 2.16. The molecule has 1 N–H and O–H groups in total. The van der Waals surface area contributed by atoms with E-state index in [1.165, 1.54) is 4.57 Å². The molecule has 0 radical (unpaired) electrons. The van der Waals surface area contributed by atoms with Crippen molar-refractivity contribution in [2.75, 3.05) is 0 Å². The Hall–Kier alpha value is -1.85. The van der Waals surface area contributed by atoms with E-state index in [-0.39, 0.29) is 5.56 Å². The standard InChI is InChI=1S/C11H16N4O2/c1-5-14-6-12-8-7(14)9(16)13-10(17)15(8)11(2,3)4/h6H,5H2,1-4H3,(H,13,16,17). The first kappa shape index (κ1) is 11.6. The zero-order chi connectivity index (χ0) is 12.8. The monoisotopic (exact) mass is 236 g/mol.